The van der Waals surface area contributed by atoms with Gasteiger partial charge in [0.05, 0.1) is 29.1 Å². The minimum Gasteiger partial charge on any atom is -0.337 e. The number of anilines is 1. The Balaban J connectivity index is 1.57. The summed E-state index contributed by atoms with van der Waals surface area (Å²) >= 11 is 1.55. The number of carbonyl (C=O) groups is 1. The number of pyridine rings is 1. The monoisotopic (exact) mass is 342 g/mol. The van der Waals surface area contributed by atoms with E-state index in [-0.39, 0.29) is 6.03 Å². The molecule has 2 amide bonds. The van der Waals surface area contributed by atoms with Crippen molar-refractivity contribution in [2.45, 2.75) is 19.9 Å². The van der Waals surface area contributed by atoms with E-state index in [1.807, 2.05) is 36.6 Å². The molecule has 0 saturated carbocycles. The smallest absolute Gasteiger partial charge is 0.320 e. The van der Waals surface area contributed by atoms with Crippen molar-refractivity contribution in [2.75, 3.05) is 11.9 Å². The van der Waals surface area contributed by atoms with E-state index >= 15 is 0 Å². The van der Waals surface area contributed by atoms with Crippen LogP contribution in [-0.2, 0) is 13.0 Å². The first-order chi connectivity index (χ1) is 11.7. The zero-order valence-corrected chi connectivity index (χ0v) is 14.1. The van der Waals surface area contributed by atoms with Crippen molar-refractivity contribution in [3.8, 4) is 0 Å². The van der Waals surface area contributed by atoms with Gasteiger partial charge in [0.2, 0.25) is 0 Å². The van der Waals surface area contributed by atoms with Crippen LogP contribution in [0.25, 0.3) is 0 Å². The van der Waals surface area contributed by atoms with E-state index in [0.717, 1.165) is 17.1 Å². The molecule has 0 aliphatic heterocycles. The van der Waals surface area contributed by atoms with Crippen molar-refractivity contribution in [2.24, 2.45) is 0 Å². The summed E-state index contributed by atoms with van der Waals surface area (Å²) in [7, 11) is 0. The number of nitrogens with one attached hydrogen (secondary N) is 2. The lowest BCUT2D eigenvalue weighted by Crippen LogP contribution is -2.31. The van der Waals surface area contributed by atoms with Gasteiger partial charge in [-0.2, -0.15) is 5.10 Å². The van der Waals surface area contributed by atoms with Crippen LogP contribution in [0, 0.1) is 6.92 Å². The van der Waals surface area contributed by atoms with Crippen molar-refractivity contribution >= 4 is 23.2 Å². The summed E-state index contributed by atoms with van der Waals surface area (Å²) in [5, 5.41) is 12.0. The van der Waals surface area contributed by atoms with Gasteiger partial charge in [-0.3, -0.25) is 10.3 Å². The summed E-state index contributed by atoms with van der Waals surface area (Å²) < 4.78 is 1.73. The normalized spacial score (nSPS) is 10.5. The Kier molecular flexibility index (Phi) is 5.17. The van der Waals surface area contributed by atoms with Crippen molar-refractivity contribution < 1.29 is 4.79 Å². The zero-order valence-electron chi connectivity index (χ0n) is 13.3. The fourth-order valence-electron chi connectivity index (χ4n) is 2.24. The van der Waals surface area contributed by atoms with Gasteiger partial charge in [-0.25, -0.2) is 14.5 Å². The van der Waals surface area contributed by atoms with Crippen LogP contribution in [0.2, 0.25) is 0 Å². The Morgan fingerprint density at radius 2 is 2.21 bits per heavy atom. The highest BCUT2D eigenvalue weighted by Gasteiger charge is 2.10. The molecule has 0 fully saturated rings. The second-order valence-electron chi connectivity index (χ2n) is 5.26. The Bertz CT molecular complexity index is 784. The molecule has 0 aliphatic carbocycles. The number of thiazole rings is 1. The van der Waals surface area contributed by atoms with E-state index in [1.54, 1.807) is 27.7 Å². The van der Waals surface area contributed by atoms with Gasteiger partial charge in [0.25, 0.3) is 0 Å². The molecular weight excluding hydrogens is 324 g/mol. The molecule has 0 saturated heterocycles. The molecule has 2 N–H and O–H groups in total. The molecule has 3 heterocycles. The third kappa shape index (κ3) is 4.39. The number of urea groups is 1. The largest absolute Gasteiger partial charge is 0.337 e. The number of rotatable bonds is 6. The van der Waals surface area contributed by atoms with E-state index in [9.17, 15) is 4.79 Å². The molecule has 0 aliphatic rings. The molecule has 0 radical (unpaired) electrons. The number of nitrogens with zero attached hydrogens (tertiary/aromatic N) is 4. The highest BCUT2D eigenvalue weighted by atomic mass is 32.1. The summed E-state index contributed by atoms with van der Waals surface area (Å²) in [6.45, 7) is 2.92. The Labute approximate surface area is 143 Å². The van der Waals surface area contributed by atoms with Crippen LogP contribution in [0.3, 0.4) is 0 Å². The average molecular weight is 342 g/mol. The van der Waals surface area contributed by atoms with Crippen molar-refractivity contribution in [1.29, 1.82) is 0 Å². The third-order valence-electron chi connectivity index (χ3n) is 3.33. The van der Waals surface area contributed by atoms with E-state index in [2.05, 4.69) is 25.7 Å². The Morgan fingerprint density at radius 1 is 1.29 bits per heavy atom. The maximum Gasteiger partial charge on any atom is 0.320 e. The predicted molar refractivity (Wildman–Crippen MR) is 93.1 cm³/mol. The summed E-state index contributed by atoms with van der Waals surface area (Å²) in [5.41, 5.74) is 4.49. The quantitative estimate of drug-likeness (QED) is 0.721. The molecule has 3 aromatic heterocycles. The van der Waals surface area contributed by atoms with Crippen LogP contribution in [-0.4, -0.2) is 32.3 Å². The first kappa shape index (κ1) is 16.1. The van der Waals surface area contributed by atoms with Gasteiger partial charge in [-0.15, -0.1) is 11.3 Å². The van der Waals surface area contributed by atoms with Crippen molar-refractivity contribution in [3.63, 3.8) is 0 Å². The summed E-state index contributed by atoms with van der Waals surface area (Å²) in [4.78, 5) is 20.5. The van der Waals surface area contributed by atoms with E-state index < -0.39 is 0 Å². The SMILES string of the molecule is Cc1cc(NC(=O)NCCc2cscn2)n(Cc2ccccn2)n1. The standard InChI is InChI=1S/C16H18N6OS/c1-12-8-15(22(21-12)9-13-4-2-3-6-17-13)20-16(23)18-7-5-14-10-24-11-19-14/h2-4,6,8,10-11H,5,7,9H2,1H3,(H2,18,20,23). The molecule has 8 heteroatoms. The molecule has 124 valence electrons. The molecule has 0 aromatic carbocycles. The molecule has 3 aromatic rings. The number of aryl methyl sites for hydroxylation is 1. The van der Waals surface area contributed by atoms with E-state index in [1.165, 1.54) is 0 Å². The van der Waals surface area contributed by atoms with Crippen molar-refractivity contribution in [3.05, 3.63) is 58.4 Å². The fraction of sp³-hybridized carbons (Fsp3) is 0.250. The first-order valence-corrected chi connectivity index (χ1v) is 8.51. The number of hydrogen-bond acceptors (Lipinski definition) is 5. The van der Waals surface area contributed by atoms with Gasteiger partial charge in [0, 0.05) is 30.6 Å². The van der Waals surface area contributed by atoms with Gasteiger partial charge >= 0.3 is 6.03 Å². The highest BCUT2D eigenvalue weighted by Crippen LogP contribution is 2.12. The van der Waals surface area contributed by atoms with Gasteiger partial charge < -0.3 is 5.32 Å². The van der Waals surface area contributed by atoms with Crippen LogP contribution >= 0.6 is 11.3 Å². The van der Waals surface area contributed by atoms with Crippen LogP contribution in [0.4, 0.5) is 10.6 Å². The zero-order chi connectivity index (χ0) is 16.8. The molecule has 0 bridgehead atoms. The maximum atomic E-state index is 12.1. The van der Waals surface area contributed by atoms with Crippen LogP contribution < -0.4 is 10.6 Å². The van der Waals surface area contributed by atoms with Crippen molar-refractivity contribution in [1.82, 2.24) is 25.1 Å². The van der Waals surface area contributed by atoms with E-state index in [4.69, 9.17) is 0 Å². The lowest BCUT2D eigenvalue weighted by atomic mass is 10.3. The van der Waals surface area contributed by atoms with Crippen LogP contribution in [0.15, 0.2) is 41.4 Å². The maximum absolute atomic E-state index is 12.1. The highest BCUT2D eigenvalue weighted by molar-refractivity contribution is 7.07. The van der Waals surface area contributed by atoms with Gasteiger partial charge in [-0.05, 0) is 19.1 Å². The van der Waals surface area contributed by atoms with E-state index in [0.29, 0.717) is 25.3 Å². The average Bonchev–Trinajstić information content (AvgIpc) is 3.19. The first-order valence-electron chi connectivity index (χ1n) is 7.57. The second-order valence-corrected chi connectivity index (χ2v) is 5.98. The van der Waals surface area contributed by atoms with Crippen LogP contribution in [0.1, 0.15) is 17.1 Å². The number of hydrogen-bond donors (Lipinski definition) is 2. The van der Waals surface area contributed by atoms with Gasteiger partial charge in [-0.1, -0.05) is 6.07 Å². The predicted octanol–water partition coefficient (Wildman–Crippen LogP) is 2.46. The second kappa shape index (κ2) is 7.69. The molecule has 0 atom stereocenters. The lowest BCUT2D eigenvalue weighted by molar-refractivity contribution is 0.252. The van der Waals surface area contributed by atoms with Gasteiger partial charge in [0.1, 0.15) is 5.82 Å². The lowest BCUT2D eigenvalue weighted by Gasteiger charge is -2.09. The molecule has 7 nitrogen and oxygen atoms in total. The minimum absolute atomic E-state index is 0.257. The van der Waals surface area contributed by atoms with Gasteiger partial charge in [0.15, 0.2) is 0 Å². The Hall–Kier alpha value is -2.74. The molecular formula is C16H18N6OS. The molecule has 0 spiro atoms. The third-order valence-corrected chi connectivity index (χ3v) is 3.97. The number of aromatic nitrogens is 4. The topological polar surface area (TPSA) is 84.7 Å². The molecule has 0 unspecified atom stereocenters. The minimum atomic E-state index is -0.257. The number of amides is 2. The molecule has 3 rings (SSSR count). The Morgan fingerprint density at radius 3 is 2.96 bits per heavy atom. The summed E-state index contributed by atoms with van der Waals surface area (Å²) in [6, 6.07) is 7.30. The van der Waals surface area contributed by atoms with Crippen LogP contribution in [0.5, 0.6) is 0 Å². The summed E-state index contributed by atoms with van der Waals surface area (Å²) in [5.74, 6) is 0.643. The number of carbonyl (C=O) groups excluding carboxylic acids is 1. The molecule has 24 heavy (non-hydrogen) atoms. The summed E-state index contributed by atoms with van der Waals surface area (Å²) in [6.07, 6.45) is 2.45. The fourth-order valence-corrected chi connectivity index (χ4v) is 2.83.